The van der Waals surface area contributed by atoms with Crippen LogP contribution in [0.4, 0.5) is 4.39 Å². The fourth-order valence-corrected chi connectivity index (χ4v) is 5.47. The molecule has 2 amide bonds. The van der Waals surface area contributed by atoms with E-state index >= 15 is 4.39 Å². The smallest absolute Gasteiger partial charge is 0.254 e. The van der Waals surface area contributed by atoms with E-state index in [0.717, 1.165) is 51.4 Å². The third kappa shape index (κ3) is 6.25. The lowest BCUT2D eigenvalue weighted by atomic mass is 9.86. The van der Waals surface area contributed by atoms with Crippen molar-refractivity contribution in [1.29, 1.82) is 0 Å². The monoisotopic (exact) mass is 472 g/mol. The first kappa shape index (κ1) is 26.4. The summed E-state index contributed by atoms with van der Waals surface area (Å²) >= 11 is 0. The van der Waals surface area contributed by atoms with Gasteiger partial charge >= 0.3 is 0 Å². The lowest BCUT2D eigenvalue weighted by Crippen LogP contribution is -2.46. The zero-order valence-corrected chi connectivity index (χ0v) is 21.3. The number of piperidine rings is 1. The minimum atomic E-state index is -0.562. The van der Waals surface area contributed by atoms with Crippen LogP contribution in [0.25, 0.3) is 0 Å². The molecule has 1 N–H and O–H groups in total. The number of Topliss-reactive ketones (excluding diaryl/α,β-unsaturated/α-hetero) is 1. The van der Waals surface area contributed by atoms with Gasteiger partial charge < -0.3 is 10.2 Å². The maximum absolute atomic E-state index is 15.7. The van der Waals surface area contributed by atoms with Crippen molar-refractivity contribution in [3.05, 3.63) is 35.1 Å². The molecule has 34 heavy (non-hydrogen) atoms. The largest absolute Gasteiger partial charge is 0.342 e. The Balaban J connectivity index is 1.79. The molecule has 188 valence electrons. The summed E-state index contributed by atoms with van der Waals surface area (Å²) in [6.07, 6.45) is 8.19. The molecule has 5 nitrogen and oxygen atoms in total. The molecule has 1 unspecified atom stereocenters. The second-order valence-electron chi connectivity index (χ2n) is 11.1. The fraction of sp³-hybridized carbons (Fsp3) is 0.679. The normalized spacial score (nSPS) is 21.0. The van der Waals surface area contributed by atoms with E-state index in [4.69, 9.17) is 0 Å². The van der Waals surface area contributed by atoms with Crippen LogP contribution < -0.4 is 5.32 Å². The van der Waals surface area contributed by atoms with Gasteiger partial charge in [0.15, 0.2) is 5.78 Å². The number of nitrogens with one attached hydrogen (secondary N) is 1. The molecule has 2 aliphatic rings. The molecule has 1 heterocycles. The molecule has 3 rings (SSSR count). The van der Waals surface area contributed by atoms with Crippen molar-refractivity contribution in [2.75, 3.05) is 13.1 Å². The van der Waals surface area contributed by atoms with E-state index in [2.05, 4.69) is 5.32 Å². The number of rotatable bonds is 6. The highest BCUT2D eigenvalue weighted by Gasteiger charge is 2.34. The Hall–Kier alpha value is -2.24. The molecule has 6 heteroatoms. The highest BCUT2D eigenvalue weighted by Crippen LogP contribution is 2.32. The molecule has 0 spiro atoms. The van der Waals surface area contributed by atoms with Gasteiger partial charge in [-0.1, -0.05) is 65.5 Å². The average Bonchev–Trinajstić information content (AvgIpc) is 3.10. The first-order valence-corrected chi connectivity index (χ1v) is 13.0. The van der Waals surface area contributed by atoms with Gasteiger partial charge in [0.05, 0.1) is 11.6 Å². The second-order valence-corrected chi connectivity index (χ2v) is 11.1. The SMILES string of the molecule is CCC(=O)[C@H](NC(=O)c1cccc(C2CCCN(C(=O)C(C)(C)C)C2)c1F)C1CCCCCC1. The van der Waals surface area contributed by atoms with Crippen molar-refractivity contribution in [1.82, 2.24) is 10.2 Å². The molecule has 1 saturated carbocycles. The van der Waals surface area contributed by atoms with Gasteiger partial charge in [-0.15, -0.1) is 0 Å². The van der Waals surface area contributed by atoms with Crippen LogP contribution in [0.2, 0.25) is 0 Å². The van der Waals surface area contributed by atoms with Gasteiger partial charge in [0, 0.05) is 30.8 Å². The standard InChI is InChI=1S/C28H41FN2O3/c1-5-23(32)25(19-12-8-6-7-9-13-19)30-26(33)22-16-10-15-21(24(22)29)20-14-11-17-31(18-20)27(34)28(2,3)4/h10,15-16,19-20,25H,5-9,11-14,17-18H2,1-4H3,(H,30,33)/t20?,25-/m1/s1. The number of carbonyl (C=O) groups is 3. The first-order chi connectivity index (χ1) is 16.1. The Morgan fingerprint density at radius 1 is 1.06 bits per heavy atom. The van der Waals surface area contributed by atoms with Crippen LogP contribution in [0.15, 0.2) is 18.2 Å². The number of amides is 2. The molecule has 1 aromatic rings. The van der Waals surface area contributed by atoms with Crippen LogP contribution in [0.3, 0.4) is 0 Å². The van der Waals surface area contributed by atoms with E-state index in [1.54, 1.807) is 12.1 Å². The van der Waals surface area contributed by atoms with Crippen LogP contribution in [-0.2, 0) is 9.59 Å². The lowest BCUT2D eigenvalue weighted by Gasteiger charge is -2.36. The van der Waals surface area contributed by atoms with E-state index in [1.165, 1.54) is 6.07 Å². The lowest BCUT2D eigenvalue weighted by molar-refractivity contribution is -0.140. The molecule has 0 aromatic heterocycles. The topological polar surface area (TPSA) is 66.5 Å². The minimum absolute atomic E-state index is 0.0143. The van der Waals surface area contributed by atoms with E-state index in [1.807, 2.05) is 32.6 Å². The van der Waals surface area contributed by atoms with Crippen LogP contribution in [0, 0.1) is 17.2 Å². The number of hydrogen-bond acceptors (Lipinski definition) is 3. The summed E-state index contributed by atoms with van der Waals surface area (Å²) < 4.78 is 15.7. The third-order valence-electron chi connectivity index (χ3n) is 7.42. The molecular weight excluding hydrogens is 431 g/mol. The summed E-state index contributed by atoms with van der Waals surface area (Å²) in [5.41, 5.74) is -0.0211. The predicted molar refractivity (Wildman–Crippen MR) is 132 cm³/mol. The van der Waals surface area contributed by atoms with E-state index < -0.39 is 23.2 Å². The van der Waals surface area contributed by atoms with Crippen molar-refractivity contribution in [2.45, 2.75) is 97.4 Å². The van der Waals surface area contributed by atoms with E-state index in [9.17, 15) is 14.4 Å². The Morgan fingerprint density at radius 2 is 1.74 bits per heavy atom. The van der Waals surface area contributed by atoms with Crippen molar-refractivity contribution >= 4 is 17.6 Å². The molecular formula is C28H41FN2O3. The summed E-state index contributed by atoms with van der Waals surface area (Å²) in [6, 6.07) is 4.37. The number of likely N-dealkylation sites (tertiary alicyclic amines) is 1. The van der Waals surface area contributed by atoms with E-state index in [0.29, 0.717) is 25.1 Å². The van der Waals surface area contributed by atoms with Crippen molar-refractivity contribution in [3.63, 3.8) is 0 Å². The summed E-state index contributed by atoms with van der Waals surface area (Å²) in [5, 5.41) is 2.91. The van der Waals surface area contributed by atoms with Crippen molar-refractivity contribution < 1.29 is 18.8 Å². The predicted octanol–water partition coefficient (Wildman–Crippen LogP) is 5.63. The van der Waals surface area contributed by atoms with Gasteiger partial charge in [-0.25, -0.2) is 4.39 Å². The highest BCUT2D eigenvalue weighted by atomic mass is 19.1. The quantitative estimate of drug-likeness (QED) is 0.546. The number of benzene rings is 1. The van der Waals surface area contributed by atoms with Gasteiger partial charge in [-0.05, 0) is 43.2 Å². The van der Waals surface area contributed by atoms with Gasteiger partial charge in [-0.3, -0.25) is 14.4 Å². The molecule has 1 saturated heterocycles. The maximum atomic E-state index is 15.7. The Bertz CT molecular complexity index is 884. The molecule has 1 aromatic carbocycles. The van der Waals surface area contributed by atoms with Crippen LogP contribution in [-0.4, -0.2) is 41.6 Å². The van der Waals surface area contributed by atoms with Crippen molar-refractivity contribution in [2.24, 2.45) is 11.3 Å². The van der Waals surface area contributed by atoms with Crippen LogP contribution in [0.5, 0.6) is 0 Å². The average molecular weight is 473 g/mol. The van der Waals surface area contributed by atoms with Crippen molar-refractivity contribution in [3.8, 4) is 0 Å². The number of ketones is 1. The zero-order valence-electron chi connectivity index (χ0n) is 21.3. The highest BCUT2D eigenvalue weighted by molar-refractivity contribution is 5.98. The maximum Gasteiger partial charge on any atom is 0.254 e. The molecule has 0 bridgehead atoms. The Morgan fingerprint density at radius 3 is 2.35 bits per heavy atom. The molecule has 2 atom stereocenters. The van der Waals surface area contributed by atoms with Gasteiger partial charge in [0.25, 0.3) is 5.91 Å². The summed E-state index contributed by atoms with van der Waals surface area (Å²) in [4.78, 5) is 40.5. The second kappa shape index (κ2) is 11.5. The zero-order chi connectivity index (χ0) is 24.9. The first-order valence-electron chi connectivity index (χ1n) is 13.0. The molecule has 1 aliphatic heterocycles. The Kier molecular flexibility index (Phi) is 8.89. The summed E-state index contributed by atoms with van der Waals surface area (Å²) in [5.74, 6) is -1.01. The number of nitrogens with zero attached hydrogens (tertiary/aromatic N) is 1. The molecule has 2 fully saturated rings. The van der Waals surface area contributed by atoms with Gasteiger partial charge in [-0.2, -0.15) is 0 Å². The molecule has 0 radical (unpaired) electrons. The fourth-order valence-electron chi connectivity index (χ4n) is 5.47. The Labute approximate surface area is 203 Å². The van der Waals surface area contributed by atoms with Gasteiger partial charge in [0.1, 0.15) is 5.82 Å². The van der Waals surface area contributed by atoms with Crippen LogP contribution in [0.1, 0.15) is 107 Å². The van der Waals surface area contributed by atoms with Gasteiger partial charge in [0.2, 0.25) is 5.91 Å². The van der Waals surface area contributed by atoms with E-state index in [-0.39, 0.29) is 29.1 Å². The number of hydrogen-bond donors (Lipinski definition) is 1. The number of carbonyl (C=O) groups excluding carboxylic acids is 3. The molecule has 1 aliphatic carbocycles. The minimum Gasteiger partial charge on any atom is -0.342 e. The summed E-state index contributed by atoms with van der Waals surface area (Å²) in [7, 11) is 0. The third-order valence-corrected chi connectivity index (χ3v) is 7.42. The van der Waals surface area contributed by atoms with Crippen LogP contribution >= 0.6 is 0 Å². The summed E-state index contributed by atoms with van der Waals surface area (Å²) in [6.45, 7) is 8.63. The number of halogens is 1.